The smallest absolute Gasteiger partial charge is 0.319 e. The lowest BCUT2D eigenvalue weighted by Crippen LogP contribution is -2.24. The van der Waals surface area contributed by atoms with Crippen LogP contribution in [0, 0.1) is 5.92 Å². The zero-order chi connectivity index (χ0) is 7.44. The molecule has 0 bridgehead atoms. The Kier molecular flexibility index (Phi) is 3.01. The third kappa shape index (κ3) is 2.32. The number of hydrogen-bond acceptors (Lipinski definition) is 2. The molecule has 0 saturated carbocycles. The molecule has 0 rings (SSSR count). The van der Waals surface area contributed by atoms with E-state index in [1.807, 2.05) is 0 Å². The maximum atomic E-state index is 9.91. The normalized spacial score (nSPS) is 9.56. The molecule has 9 heavy (non-hydrogen) atoms. The summed E-state index contributed by atoms with van der Waals surface area (Å²) in [6, 6.07) is 0. The molecule has 0 spiro atoms. The second-order valence-electron chi connectivity index (χ2n) is 1.38. The molecule has 0 radical (unpaired) electrons. The molecular formula is C4H5ClO4. The summed E-state index contributed by atoms with van der Waals surface area (Å²) >= 11 is 5.00. The molecule has 52 valence electrons. The van der Waals surface area contributed by atoms with Gasteiger partial charge in [-0.15, -0.1) is 11.6 Å². The molecule has 0 aliphatic heterocycles. The van der Waals surface area contributed by atoms with Crippen molar-refractivity contribution in [2.24, 2.45) is 5.92 Å². The first-order chi connectivity index (χ1) is 4.09. The Morgan fingerprint density at radius 2 is 1.67 bits per heavy atom. The van der Waals surface area contributed by atoms with Gasteiger partial charge in [0.2, 0.25) is 0 Å². The van der Waals surface area contributed by atoms with Crippen LogP contribution in [0.5, 0.6) is 0 Å². The summed E-state index contributed by atoms with van der Waals surface area (Å²) in [5.74, 6) is -4.69. The molecule has 0 aliphatic rings. The number of hydrogen-bond donors (Lipinski definition) is 2. The SMILES string of the molecule is O=C(O)C(CCl)C(=O)O. The van der Waals surface area contributed by atoms with E-state index in [0.29, 0.717) is 0 Å². The van der Waals surface area contributed by atoms with Gasteiger partial charge in [0.25, 0.3) is 0 Å². The Labute approximate surface area is 56.0 Å². The maximum absolute atomic E-state index is 9.91. The first-order valence-electron chi connectivity index (χ1n) is 2.11. The maximum Gasteiger partial charge on any atom is 0.319 e. The molecule has 0 heterocycles. The molecule has 0 amide bonds. The van der Waals surface area contributed by atoms with E-state index in [1.54, 1.807) is 0 Å². The van der Waals surface area contributed by atoms with E-state index in [1.165, 1.54) is 0 Å². The minimum atomic E-state index is -1.48. The van der Waals surface area contributed by atoms with Crippen LogP contribution in [0.15, 0.2) is 0 Å². The van der Waals surface area contributed by atoms with Gasteiger partial charge in [-0.25, -0.2) is 0 Å². The topological polar surface area (TPSA) is 74.6 Å². The van der Waals surface area contributed by atoms with Crippen LogP contribution in [0.25, 0.3) is 0 Å². The predicted molar refractivity (Wildman–Crippen MR) is 29.5 cm³/mol. The summed E-state index contributed by atoms with van der Waals surface area (Å²) in [5, 5.41) is 16.2. The van der Waals surface area contributed by atoms with Gasteiger partial charge >= 0.3 is 11.9 Å². The van der Waals surface area contributed by atoms with Crippen molar-refractivity contribution in [2.75, 3.05) is 5.88 Å². The van der Waals surface area contributed by atoms with E-state index in [0.717, 1.165) is 0 Å². The molecule has 4 nitrogen and oxygen atoms in total. The van der Waals surface area contributed by atoms with E-state index < -0.39 is 23.7 Å². The molecule has 0 aliphatic carbocycles. The number of carboxylic acid groups (broad SMARTS) is 2. The van der Waals surface area contributed by atoms with E-state index in [4.69, 9.17) is 21.8 Å². The van der Waals surface area contributed by atoms with Gasteiger partial charge in [0.05, 0.1) is 0 Å². The van der Waals surface area contributed by atoms with Gasteiger partial charge < -0.3 is 10.2 Å². The largest absolute Gasteiger partial charge is 0.481 e. The molecule has 0 unspecified atom stereocenters. The van der Waals surface area contributed by atoms with Crippen molar-refractivity contribution < 1.29 is 19.8 Å². The quantitative estimate of drug-likeness (QED) is 0.441. The molecule has 0 saturated heterocycles. The second kappa shape index (κ2) is 3.29. The third-order valence-electron chi connectivity index (χ3n) is 0.750. The summed E-state index contributed by atoms with van der Waals surface area (Å²) in [5.41, 5.74) is 0. The fourth-order valence-corrected chi connectivity index (χ4v) is 0.502. The van der Waals surface area contributed by atoms with E-state index in [9.17, 15) is 9.59 Å². The van der Waals surface area contributed by atoms with E-state index in [-0.39, 0.29) is 0 Å². The Morgan fingerprint density at radius 3 is 1.67 bits per heavy atom. The lowest BCUT2D eigenvalue weighted by Gasteiger charge is -1.98. The van der Waals surface area contributed by atoms with Crippen LogP contribution in [0.1, 0.15) is 0 Å². The number of carboxylic acids is 2. The molecule has 0 fully saturated rings. The van der Waals surface area contributed by atoms with Crippen LogP contribution in [-0.2, 0) is 9.59 Å². The van der Waals surface area contributed by atoms with Crippen LogP contribution in [-0.4, -0.2) is 28.0 Å². The summed E-state index contributed by atoms with van der Waals surface area (Å²) in [4.78, 5) is 19.8. The number of alkyl halides is 1. The van der Waals surface area contributed by atoms with Crippen molar-refractivity contribution >= 4 is 23.5 Å². The van der Waals surface area contributed by atoms with Gasteiger partial charge in [0.15, 0.2) is 5.92 Å². The van der Waals surface area contributed by atoms with Gasteiger partial charge in [-0.2, -0.15) is 0 Å². The number of carbonyl (C=O) groups is 2. The highest BCUT2D eigenvalue weighted by molar-refractivity contribution is 6.21. The van der Waals surface area contributed by atoms with E-state index >= 15 is 0 Å². The Bertz CT molecular complexity index is 119. The highest BCUT2D eigenvalue weighted by Gasteiger charge is 2.23. The van der Waals surface area contributed by atoms with Gasteiger partial charge in [0, 0.05) is 5.88 Å². The highest BCUT2D eigenvalue weighted by Crippen LogP contribution is 1.98. The fourth-order valence-electron chi connectivity index (χ4n) is 0.238. The van der Waals surface area contributed by atoms with E-state index in [2.05, 4.69) is 0 Å². The summed E-state index contributed by atoms with van der Waals surface area (Å²) in [7, 11) is 0. The molecule has 2 N–H and O–H groups in total. The van der Waals surface area contributed by atoms with Crippen molar-refractivity contribution in [3.8, 4) is 0 Å². The Morgan fingerprint density at radius 1 is 1.33 bits per heavy atom. The second-order valence-corrected chi connectivity index (χ2v) is 1.69. The fraction of sp³-hybridized carbons (Fsp3) is 0.500. The lowest BCUT2D eigenvalue weighted by molar-refractivity contribution is -0.153. The molecule has 0 aromatic carbocycles. The molecular weight excluding hydrogens is 147 g/mol. The molecule has 0 aromatic heterocycles. The van der Waals surface area contributed by atoms with Gasteiger partial charge in [-0.05, 0) is 0 Å². The number of rotatable bonds is 3. The monoisotopic (exact) mass is 152 g/mol. The summed E-state index contributed by atoms with van der Waals surface area (Å²) in [6.07, 6.45) is 0. The zero-order valence-corrected chi connectivity index (χ0v) is 5.13. The first-order valence-corrected chi connectivity index (χ1v) is 2.64. The van der Waals surface area contributed by atoms with Crippen LogP contribution in [0.4, 0.5) is 0 Å². The summed E-state index contributed by atoms with van der Waals surface area (Å²) < 4.78 is 0. The minimum Gasteiger partial charge on any atom is -0.481 e. The average Bonchev–Trinajstić information content (AvgIpc) is 1.64. The highest BCUT2D eigenvalue weighted by atomic mass is 35.5. The predicted octanol–water partition coefficient (Wildman–Crippen LogP) is 0.0106. The molecule has 0 aromatic rings. The van der Waals surface area contributed by atoms with Crippen LogP contribution in [0.2, 0.25) is 0 Å². The number of aliphatic carboxylic acids is 2. The van der Waals surface area contributed by atoms with Crippen LogP contribution >= 0.6 is 11.6 Å². The Hall–Kier alpha value is -0.770. The average molecular weight is 153 g/mol. The van der Waals surface area contributed by atoms with Gasteiger partial charge in [-0.1, -0.05) is 0 Å². The minimum absolute atomic E-state index is 0.398. The molecule has 5 heteroatoms. The van der Waals surface area contributed by atoms with Crippen molar-refractivity contribution in [1.82, 2.24) is 0 Å². The van der Waals surface area contributed by atoms with Crippen molar-refractivity contribution in [3.05, 3.63) is 0 Å². The lowest BCUT2D eigenvalue weighted by atomic mass is 10.2. The molecule has 0 atom stereocenters. The standard InChI is InChI=1S/C4H5ClO4/c5-1-2(3(6)7)4(8)9/h2H,1H2,(H,6,7)(H,8,9). The summed E-state index contributed by atoms with van der Waals surface area (Å²) in [6.45, 7) is 0. The van der Waals surface area contributed by atoms with Gasteiger partial charge in [-0.3, -0.25) is 9.59 Å². The van der Waals surface area contributed by atoms with Crippen molar-refractivity contribution in [3.63, 3.8) is 0 Å². The van der Waals surface area contributed by atoms with Gasteiger partial charge in [0.1, 0.15) is 0 Å². The zero-order valence-electron chi connectivity index (χ0n) is 4.37. The Balaban J connectivity index is 3.99. The van der Waals surface area contributed by atoms with Crippen LogP contribution in [0.3, 0.4) is 0 Å². The van der Waals surface area contributed by atoms with Crippen molar-refractivity contribution in [2.45, 2.75) is 0 Å². The third-order valence-corrected chi connectivity index (χ3v) is 1.06. The van der Waals surface area contributed by atoms with Crippen LogP contribution < -0.4 is 0 Å². The number of halogens is 1. The first kappa shape index (κ1) is 8.23. The van der Waals surface area contributed by atoms with Crippen molar-refractivity contribution in [1.29, 1.82) is 0 Å².